The third kappa shape index (κ3) is 2.47. The number of likely N-dealkylation sites (tertiary alicyclic amines) is 1. The summed E-state index contributed by atoms with van der Waals surface area (Å²) in [5.41, 5.74) is 7.51. The average molecular weight is 325 g/mol. The van der Waals surface area contributed by atoms with E-state index in [1.807, 2.05) is 0 Å². The number of anilines is 1. The monoisotopic (exact) mass is 325 g/mol. The molecule has 0 radical (unpaired) electrons. The number of pyridine rings is 1. The molecule has 0 saturated carbocycles. The zero-order valence-corrected chi connectivity index (χ0v) is 12.9. The van der Waals surface area contributed by atoms with Gasteiger partial charge in [-0.2, -0.15) is 0 Å². The topological polar surface area (TPSA) is 87.9 Å². The summed E-state index contributed by atoms with van der Waals surface area (Å²) in [4.78, 5) is 26.2. The van der Waals surface area contributed by atoms with Gasteiger partial charge in [0.25, 0.3) is 5.91 Å². The number of benzene rings is 1. The van der Waals surface area contributed by atoms with Crippen LogP contribution in [0.4, 0.5) is 10.2 Å². The van der Waals surface area contributed by atoms with Crippen molar-refractivity contribution in [2.24, 2.45) is 0 Å². The number of nitrogens with two attached hydrogens (primary N) is 1. The van der Waals surface area contributed by atoms with Gasteiger partial charge < -0.3 is 15.6 Å². The fourth-order valence-electron chi connectivity index (χ4n) is 3.20. The van der Waals surface area contributed by atoms with E-state index in [1.165, 1.54) is 18.3 Å². The van der Waals surface area contributed by atoms with Crippen LogP contribution in [-0.4, -0.2) is 32.3 Å². The number of nitrogens with zero attached hydrogens (tertiary/aromatic N) is 3. The first kappa shape index (κ1) is 14.6. The lowest BCUT2D eigenvalue weighted by atomic mass is 10.2. The fraction of sp³-hybridized carbons (Fsp3) is 0.235. The molecule has 3 aromatic rings. The van der Waals surface area contributed by atoms with Crippen LogP contribution in [0.15, 0.2) is 36.5 Å². The van der Waals surface area contributed by atoms with Gasteiger partial charge in [0.1, 0.15) is 17.5 Å². The lowest BCUT2D eigenvalue weighted by molar-refractivity contribution is 0.0730. The summed E-state index contributed by atoms with van der Waals surface area (Å²) in [5, 5.41) is 0. The van der Waals surface area contributed by atoms with Crippen LogP contribution < -0.4 is 5.73 Å². The summed E-state index contributed by atoms with van der Waals surface area (Å²) in [7, 11) is 0. The number of hydrogen-bond acceptors (Lipinski definition) is 4. The Hall–Kier alpha value is -2.96. The number of rotatable bonds is 2. The van der Waals surface area contributed by atoms with E-state index >= 15 is 0 Å². The van der Waals surface area contributed by atoms with Gasteiger partial charge in [0.15, 0.2) is 0 Å². The number of nitrogens with one attached hydrogen (secondary N) is 1. The highest BCUT2D eigenvalue weighted by atomic mass is 19.1. The molecular formula is C17H16FN5O. The van der Waals surface area contributed by atoms with E-state index in [0.717, 1.165) is 12.8 Å². The molecule has 1 aromatic carbocycles. The number of amides is 1. The number of carbonyl (C=O) groups excluding carboxylic acids is 1. The van der Waals surface area contributed by atoms with Crippen LogP contribution in [0, 0.1) is 5.82 Å². The Balaban J connectivity index is 1.67. The number of hydrogen-bond donors (Lipinski definition) is 2. The van der Waals surface area contributed by atoms with Crippen molar-refractivity contribution in [3.8, 4) is 0 Å². The van der Waals surface area contributed by atoms with Gasteiger partial charge in [0.05, 0.1) is 17.1 Å². The van der Waals surface area contributed by atoms with E-state index < -0.39 is 0 Å². The van der Waals surface area contributed by atoms with Crippen LogP contribution in [-0.2, 0) is 0 Å². The predicted molar refractivity (Wildman–Crippen MR) is 87.7 cm³/mol. The minimum Gasteiger partial charge on any atom is -0.384 e. The Bertz CT molecular complexity index is 922. The molecule has 1 aliphatic heterocycles. The van der Waals surface area contributed by atoms with Gasteiger partial charge in [-0.3, -0.25) is 4.79 Å². The average Bonchev–Trinajstić information content (AvgIpc) is 3.19. The predicted octanol–water partition coefficient (Wildman–Crippen LogP) is 2.66. The molecule has 7 heteroatoms. The van der Waals surface area contributed by atoms with E-state index in [1.54, 1.807) is 23.1 Å². The van der Waals surface area contributed by atoms with Crippen molar-refractivity contribution in [3.63, 3.8) is 0 Å². The minimum atomic E-state index is -0.315. The molecule has 24 heavy (non-hydrogen) atoms. The highest BCUT2D eigenvalue weighted by Gasteiger charge is 2.32. The van der Waals surface area contributed by atoms with Crippen LogP contribution in [0.3, 0.4) is 0 Å². The largest absolute Gasteiger partial charge is 0.384 e. The van der Waals surface area contributed by atoms with Crippen molar-refractivity contribution in [2.45, 2.75) is 18.9 Å². The Morgan fingerprint density at radius 3 is 3.04 bits per heavy atom. The van der Waals surface area contributed by atoms with Crippen LogP contribution >= 0.6 is 0 Å². The smallest absolute Gasteiger partial charge is 0.254 e. The van der Waals surface area contributed by atoms with Gasteiger partial charge in [0.2, 0.25) is 0 Å². The lowest BCUT2D eigenvalue weighted by Crippen LogP contribution is -2.31. The molecule has 2 aromatic heterocycles. The summed E-state index contributed by atoms with van der Waals surface area (Å²) < 4.78 is 13.4. The Morgan fingerprint density at radius 1 is 1.33 bits per heavy atom. The number of imidazole rings is 1. The first-order chi connectivity index (χ1) is 11.6. The van der Waals surface area contributed by atoms with Crippen molar-refractivity contribution in [2.75, 3.05) is 12.3 Å². The summed E-state index contributed by atoms with van der Waals surface area (Å²) in [5.74, 6) is 0.585. The third-order valence-corrected chi connectivity index (χ3v) is 4.32. The number of carbonyl (C=O) groups is 1. The molecule has 122 valence electrons. The normalized spacial score (nSPS) is 17.5. The van der Waals surface area contributed by atoms with Gasteiger partial charge in [-0.25, -0.2) is 14.4 Å². The summed E-state index contributed by atoms with van der Waals surface area (Å²) in [6.45, 7) is 0.650. The molecule has 1 aliphatic rings. The number of nitrogen functional groups attached to an aromatic ring is 1. The second-order valence-electron chi connectivity index (χ2n) is 5.91. The van der Waals surface area contributed by atoms with Gasteiger partial charge in [-0.1, -0.05) is 0 Å². The highest BCUT2D eigenvalue weighted by Crippen LogP contribution is 2.32. The molecule has 1 saturated heterocycles. The maximum Gasteiger partial charge on any atom is 0.254 e. The van der Waals surface area contributed by atoms with Crippen LogP contribution in [0.5, 0.6) is 0 Å². The van der Waals surface area contributed by atoms with E-state index in [4.69, 9.17) is 5.73 Å². The molecule has 4 rings (SSSR count). The molecule has 1 amide bonds. The number of aromatic nitrogens is 3. The Kier molecular flexibility index (Phi) is 3.41. The highest BCUT2D eigenvalue weighted by molar-refractivity contribution is 5.95. The molecule has 1 atom stereocenters. The first-order valence-corrected chi connectivity index (χ1v) is 7.79. The maximum absolute atomic E-state index is 13.4. The molecule has 3 N–H and O–H groups in total. The van der Waals surface area contributed by atoms with Crippen molar-refractivity contribution >= 4 is 22.8 Å². The van der Waals surface area contributed by atoms with Crippen LogP contribution in [0.25, 0.3) is 11.0 Å². The number of aromatic amines is 1. The molecule has 0 bridgehead atoms. The SMILES string of the molecule is Nc1cc(C(=O)N2CCC[C@@H]2c2nc3ccc(F)cc3[nH]2)ccn1. The Labute approximate surface area is 137 Å². The van der Waals surface area contributed by atoms with Crippen molar-refractivity contribution in [1.29, 1.82) is 0 Å². The van der Waals surface area contributed by atoms with Crippen LogP contribution in [0.2, 0.25) is 0 Å². The molecule has 0 spiro atoms. The van der Waals surface area contributed by atoms with E-state index in [0.29, 0.717) is 34.8 Å². The second kappa shape index (κ2) is 5.59. The van der Waals surface area contributed by atoms with Gasteiger partial charge in [-0.15, -0.1) is 0 Å². The van der Waals surface area contributed by atoms with Crippen molar-refractivity contribution < 1.29 is 9.18 Å². The molecule has 6 nitrogen and oxygen atoms in total. The van der Waals surface area contributed by atoms with E-state index in [2.05, 4.69) is 15.0 Å². The van der Waals surface area contributed by atoms with Gasteiger partial charge >= 0.3 is 0 Å². The quantitative estimate of drug-likeness (QED) is 0.758. The van der Waals surface area contributed by atoms with Gasteiger partial charge in [0, 0.05) is 18.3 Å². The Morgan fingerprint density at radius 2 is 2.21 bits per heavy atom. The van der Waals surface area contributed by atoms with Crippen molar-refractivity contribution in [3.05, 3.63) is 53.7 Å². The van der Waals surface area contributed by atoms with Crippen molar-refractivity contribution in [1.82, 2.24) is 19.9 Å². The number of halogens is 1. The number of fused-ring (bicyclic) bond motifs is 1. The van der Waals surface area contributed by atoms with E-state index in [-0.39, 0.29) is 17.8 Å². The molecular weight excluding hydrogens is 309 g/mol. The molecule has 1 fully saturated rings. The summed E-state index contributed by atoms with van der Waals surface area (Å²) in [6, 6.07) is 7.51. The zero-order chi connectivity index (χ0) is 16.7. The molecule has 0 unspecified atom stereocenters. The summed E-state index contributed by atoms with van der Waals surface area (Å²) in [6.07, 6.45) is 3.23. The van der Waals surface area contributed by atoms with E-state index in [9.17, 15) is 9.18 Å². The standard InChI is InChI=1S/C17H16FN5O/c18-11-3-4-12-13(9-11)22-16(21-12)14-2-1-7-23(14)17(24)10-5-6-20-15(19)8-10/h3-6,8-9,14H,1-2,7H2,(H2,19,20)(H,21,22)/t14-/m1/s1. The van der Waals surface area contributed by atoms with Gasteiger partial charge in [-0.05, 0) is 43.2 Å². The van der Waals surface area contributed by atoms with Crippen LogP contribution in [0.1, 0.15) is 35.1 Å². The minimum absolute atomic E-state index is 0.0989. The summed E-state index contributed by atoms with van der Waals surface area (Å²) >= 11 is 0. The molecule has 3 heterocycles. The molecule has 0 aliphatic carbocycles. The number of H-pyrrole nitrogens is 1. The first-order valence-electron chi connectivity index (χ1n) is 7.79. The lowest BCUT2D eigenvalue weighted by Gasteiger charge is -2.23. The second-order valence-corrected chi connectivity index (χ2v) is 5.91. The fourth-order valence-corrected chi connectivity index (χ4v) is 3.20. The third-order valence-electron chi connectivity index (χ3n) is 4.32. The maximum atomic E-state index is 13.4. The zero-order valence-electron chi connectivity index (χ0n) is 12.9.